The van der Waals surface area contributed by atoms with Crippen LogP contribution in [0.1, 0.15) is 296 Å². The summed E-state index contributed by atoms with van der Waals surface area (Å²) in [6, 6.07) is 0. The smallest absolute Gasteiger partial charge is 0.306 e. The van der Waals surface area contributed by atoms with E-state index in [0.29, 0.717) is 13.0 Å². The molecule has 2 heterocycles. The van der Waals surface area contributed by atoms with E-state index in [0.717, 1.165) is 44.9 Å². The molecule has 0 aromatic carbocycles. The van der Waals surface area contributed by atoms with E-state index in [4.69, 9.17) is 28.4 Å². The number of allylic oxidation sites excluding steroid dienone is 4. The van der Waals surface area contributed by atoms with E-state index < -0.39 is 80.7 Å². The van der Waals surface area contributed by atoms with Gasteiger partial charge >= 0.3 is 5.97 Å². The summed E-state index contributed by atoms with van der Waals surface area (Å²) >= 11 is 0. The van der Waals surface area contributed by atoms with Crippen LogP contribution in [-0.2, 0) is 33.2 Å². The minimum absolute atomic E-state index is 0.0659. The Bertz CT molecular complexity index is 1430. The highest BCUT2D eigenvalue weighted by Gasteiger charge is 2.47. The van der Waals surface area contributed by atoms with Gasteiger partial charge in [0, 0.05) is 13.0 Å². The molecule has 0 radical (unpaired) electrons. The quantitative estimate of drug-likeness (QED) is 0.0171. The molecule has 11 atom stereocenters. The van der Waals surface area contributed by atoms with Crippen LogP contribution in [0.5, 0.6) is 0 Å². The SMILES string of the molecule is CCCCCCC/C=C\C/C=C\CCCCCCCCCCCCCCOCC(COC1OC(COC2OC(CO)C(O)C(O)C2O)C(O)C(O)C1O)OC(=O)CCCCCCCCCCCCCCCCCCCCCCCCC. The third-order valence-electron chi connectivity index (χ3n) is 16.5. The summed E-state index contributed by atoms with van der Waals surface area (Å²) in [4.78, 5) is 13.1. The zero-order valence-electron chi connectivity index (χ0n) is 51.8. The van der Waals surface area contributed by atoms with E-state index in [9.17, 15) is 40.5 Å². The molecule has 14 heteroatoms. The first-order valence-electron chi connectivity index (χ1n) is 33.9. The topological polar surface area (TPSA) is 214 Å². The average molecular weight is 1160 g/mol. The van der Waals surface area contributed by atoms with Gasteiger partial charge in [-0.3, -0.25) is 4.79 Å². The van der Waals surface area contributed by atoms with Gasteiger partial charge in [-0.05, 0) is 44.9 Å². The first-order chi connectivity index (χ1) is 39.6. The molecule has 2 saturated heterocycles. The van der Waals surface area contributed by atoms with Crippen LogP contribution in [0.4, 0.5) is 0 Å². The summed E-state index contributed by atoms with van der Waals surface area (Å²) in [6.45, 7) is 3.75. The van der Waals surface area contributed by atoms with Gasteiger partial charge in [-0.15, -0.1) is 0 Å². The Morgan fingerprint density at radius 3 is 1.19 bits per heavy atom. The Morgan fingerprint density at radius 2 is 0.765 bits per heavy atom. The minimum atomic E-state index is -1.71. The van der Waals surface area contributed by atoms with Crippen molar-refractivity contribution < 1.29 is 69.0 Å². The molecule has 2 rings (SSSR count). The first kappa shape index (κ1) is 75.6. The van der Waals surface area contributed by atoms with Crippen LogP contribution >= 0.6 is 0 Å². The van der Waals surface area contributed by atoms with E-state index in [1.165, 1.54) is 225 Å². The summed E-state index contributed by atoms with van der Waals surface area (Å²) in [6.07, 6.45) is 48.2. The Morgan fingerprint density at radius 1 is 0.407 bits per heavy atom. The summed E-state index contributed by atoms with van der Waals surface area (Å²) in [7, 11) is 0. The number of hydrogen-bond donors (Lipinski definition) is 7. The van der Waals surface area contributed by atoms with Crippen LogP contribution in [0.15, 0.2) is 24.3 Å². The number of rotatable bonds is 57. The van der Waals surface area contributed by atoms with Gasteiger partial charge in [0.2, 0.25) is 0 Å². The zero-order valence-corrected chi connectivity index (χ0v) is 51.8. The molecule has 2 fully saturated rings. The van der Waals surface area contributed by atoms with Gasteiger partial charge in [-0.1, -0.05) is 269 Å². The monoisotopic (exact) mass is 1150 g/mol. The molecule has 0 spiro atoms. The molecule has 2 aliphatic rings. The molecule has 0 aromatic heterocycles. The van der Waals surface area contributed by atoms with Gasteiger partial charge < -0.3 is 64.2 Å². The standard InChI is InChI=1S/C67H126O14/c1-3-5-7-9-11-13-15-17-19-21-23-25-27-29-31-33-35-37-39-41-43-45-47-49-51-76-53-56(54-77-66-65(75)63(73)61(71)58(81-66)55-78-67-64(74)62(72)60(70)57(52-68)80-67)79-59(69)50-48-46-44-42-40-38-36-34-32-30-28-26-24-22-20-18-16-14-12-10-8-6-4-2/h15,17,21,23,56-58,60-68,70-75H,3-14,16,18-20,22,24-55H2,1-2H3/b17-15-,23-21-. The van der Waals surface area contributed by atoms with Gasteiger partial charge in [-0.2, -0.15) is 0 Å². The van der Waals surface area contributed by atoms with Crippen LogP contribution < -0.4 is 0 Å². The highest BCUT2D eigenvalue weighted by atomic mass is 16.7. The number of aliphatic hydroxyl groups is 7. The van der Waals surface area contributed by atoms with Crippen LogP contribution in [-0.4, -0.2) is 142 Å². The molecule has 478 valence electrons. The number of unbranched alkanes of at least 4 members (excludes halogenated alkanes) is 39. The Kier molecular flexibility index (Phi) is 50.3. The zero-order chi connectivity index (χ0) is 58.6. The van der Waals surface area contributed by atoms with Gasteiger partial charge in [0.25, 0.3) is 0 Å². The lowest BCUT2D eigenvalue weighted by atomic mass is 9.98. The number of aliphatic hydroxyl groups excluding tert-OH is 7. The maximum absolute atomic E-state index is 13.1. The lowest BCUT2D eigenvalue weighted by molar-refractivity contribution is -0.332. The van der Waals surface area contributed by atoms with Crippen molar-refractivity contribution in [3.8, 4) is 0 Å². The van der Waals surface area contributed by atoms with Crippen molar-refractivity contribution in [3.63, 3.8) is 0 Å². The molecule has 0 amide bonds. The Balaban J connectivity index is 1.65. The van der Waals surface area contributed by atoms with Crippen molar-refractivity contribution in [2.45, 2.75) is 364 Å². The third-order valence-corrected chi connectivity index (χ3v) is 16.5. The van der Waals surface area contributed by atoms with Crippen molar-refractivity contribution >= 4 is 5.97 Å². The van der Waals surface area contributed by atoms with Crippen molar-refractivity contribution in [3.05, 3.63) is 24.3 Å². The molecule has 14 nitrogen and oxygen atoms in total. The van der Waals surface area contributed by atoms with Crippen molar-refractivity contribution in [1.82, 2.24) is 0 Å². The fourth-order valence-corrected chi connectivity index (χ4v) is 11.0. The van der Waals surface area contributed by atoms with E-state index in [1.54, 1.807) is 0 Å². The highest BCUT2D eigenvalue weighted by Crippen LogP contribution is 2.27. The molecular weight excluding hydrogens is 1030 g/mol. The molecule has 81 heavy (non-hydrogen) atoms. The predicted molar refractivity (Wildman–Crippen MR) is 326 cm³/mol. The highest BCUT2D eigenvalue weighted by molar-refractivity contribution is 5.69. The fraction of sp³-hybridized carbons (Fsp3) is 0.925. The number of carbonyl (C=O) groups excluding carboxylic acids is 1. The van der Waals surface area contributed by atoms with Crippen LogP contribution in [0.25, 0.3) is 0 Å². The summed E-state index contributed by atoms with van der Waals surface area (Å²) in [5.41, 5.74) is 0. The maximum Gasteiger partial charge on any atom is 0.306 e. The normalized spacial score (nSPS) is 23.8. The van der Waals surface area contributed by atoms with Crippen molar-refractivity contribution in [2.75, 3.05) is 33.0 Å². The summed E-state index contributed by atoms with van der Waals surface area (Å²) < 4.78 is 34.5. The number of carbonyl (C=O) groups is 1. The first-order valence-corrected chi connectivity index (χ1v) is 33.9. The van der Waals surface area contributed by atoms with Crippen LogP contribution in [0.3, 0.4) is 0 Å². The second-order valence-corrected chi connectivity index (χ2v) is 24.0. The van der Waals surface area contributed by atoms with E-state index >= 15 is 0 Å². The number of hydrogen-bond acceptors (Lipinski definition) is 14. The van der Waals surface area contributed by atoms with Crippen molar-refractivity contribution in [1.29, 1.82) is 0 Å². The second-order valence-electron chi connectivity index (χ2n) is 24.0. The van der Waals surface area contributed by atoms with E-state index in [1.807, 2.05) is 0 Å². The largest absolute Gasteiger partial charge is 0.457 e. The third kappa shape index (κ3) is 39.7. The molecular formula is C67H126O14. The average Bonchev–Trinajstić information content (AvgIpc) is 3.46. The van der Waals surface area contributed by atoms with Gasteiger partial charge in [0.15, 0.2) is 12.6 Å². The number of ether oxygens (including phenoxy) is 6. The summed E-state index contributed by atoms with van der Waals surface area (Å²) in [5.74, 6) is -0.368. The fourth-order valence-electron chi connectivity index (χ4n) is 11.0. The second kappa shape index (κ2) is 53.9. The summed E-state index contributed by atoms with van der Waals surface area (Å²) in [5, 5.41) is 72.6. The van der Waals surface area contributed by atoms with E-state index in [2.05, 4.69) is 38.2 Å². The van der Waals surface area contributed by atoms with Gasteiger partial charge in [-0.25, -0.2) is 0 Å². The van der Waals surface area contributed by atoms with Gasteiger partial charge in [0.1, 0.15) is 54.9 Å². The predicted octanol–water partition coefficient (Wildman–Crippen LogP) is 13.9. The molecule has 0 saturated carbocycles. The lowest BCUT2D eigenvalue weighted by Gasteiger charge is -2.42. The van der Waals surface area contributed by atoms with E-state index in [-0.39, 0.29) is 25.6 Å². The molecule has 11 unspecified atom stereocenters. The molecule has 2 aliphatic heterocycles. The van der Waals surface area contributed by atoms with Crippen LogP contribution in [0, 0.1) is 0 Å². The van der Waals surface area contributed by atoms with Crippen LogP contribution in [0.2, 0.25) is 0 Å². The minimum Gasteiger partial charge on any atom is -0.457 e. The molecule has 0 aromatic rings. The Labute approximate surface area is 494 Å². The maximum atomic E-state index is 13.1. The molecule has 0 aliphatic carbocycles. The molecule has 0 bridgehead atoms. The Hall–Kier alpha value is -1.53. The van der Waals surface area contributed by atoms with Gasteiger partial charge in [0.05, 0.1) is 26.4 Å². The van der Waals surface area contributed by atoms with Crippen molar-refractivity contribution in [2.24, 2.45) is 0 Å². The molecule has 7 N–H and O–H groups in total. The lowest BCUT2D eigenvalue weighted by Crippen LogP contribution is -2.61. The number of esters is 1.